The van der Waals surface area contributed by atoms with Crippen molar-refractivity contribution in [1.29, 1.82) is 0 Å². The molecule has 0 bridgehead atoms. The van der Waals surface area contributed by atoms with Crippen molar-refractivity contribution in [2.24, 2.45) is 0 Å². The van der Waals surface area contributed by atoms with Crippen molar-refractivity contribution < 1.29 is 8.42 Å². The van der Waals surface area contributed by atoms with Crippen LogP contribution in [0, 0.1) is 6.92 Å². The number of rotatable bonds is 8. The molecular formula is C10H19N5O2S2. The van der Waals surface area contributed by atoms with Crippen LogP contribution < -0.4 is 10.0 Å². The first kappa shape index (κ1) is 14.6. The molecule has 0 aliphatic heterocycles. The number of hydrogen-bond acceptors (Lipinski definition) is 6. The first-order valence-electron chi connectivity index (χ1n) is 6.25. The lowest BCUT2D eigenvalue weighted by Crippen LogP contribution is -2.34. The zero-order valence-corrected chi connectivity index (χ0v) is 12.7. The molecule has 1 aliphatic rings. The molecule has 1 aromatic rings. The SMILES string of the molecule is Cc1nnc(NS(=O)(=O)N(C)CCCNC2CC2)s1. The molecule has 0 saturated heterocycles. The zero-order valence-electron chi connectivity index (χ0n) is 11.1. The molecule has 2 N–H and O–H groups in total. The molecule has 19 heavy (non-hydrogen) atoms. The van der Waals surface area contributed by atoms with E-state index in [1.54, 1.807) is 14.0 Å². The highest BCUT2D eigenvalue weighted by atomic mass is 32.2. The van der Waals surface area contributed by atoms with Gasteiger partial charge in [0.25, 0.3) is 0 Å². The Morgan fingerprint density at radius 3 is 2.74 bits per heavy atom. The fourth-order valence-electron chi connectivity index (χ4n) is 1.54. The normalized spacial score (nSPS) is 15.9. The third-order valence-corrected chi connectivity index (χ3v) is 5.15. The molecule has 0 aromatic carbocycles. The minimum Gasteiger partial charge on any atom is -0.314 e. The van der Waals surface area contributed by atoms with E-state index in [0.29, 0.717) is 17.7 Å². The second kappa shape index (κ2) is 6.12. The van der Waals surface area contributed by atoms with Gasteiger partial charge in [-0.1, -0.05) is 11.3 Å². The molecule has 0 spiro atoms. The lowest BCUT2D eigenvalue weighted by Gasteiger charge is -2.16. The number of hydrogen-bond donors (Lipinski definition) is 2. The van der Waals surface area contributed by atoms with Gasteiger partial charge in [0, 0.05) is 19.6 Å². The summed E-state index contributed by atoms with van der Waals surface area (Å²) >= 11 is 1.22. The van der Waals surface area contributed by atoms with Crippen LogP contribution in [-0.2, 0) is 10.2 Å². The summed E-state index contributed by atoms with van der Waals surface area (Å²) < 4.78 is 27.7. The van der Waals surface area contributed by atoms with Gasteiger partial charge >= 0.3 is 10.2 Å². The van der Waals surface area contributed by atoms with E-state index in [2.05, 4.69) is 20.2 Å². The Balaban J connectivity index is 1.76. The van der Waals surface area contributed by atoms with Gasteiger partial charge in [-0.3, -0.25) is 0 Å². The second-order valence-corrected chi connectivity index (χ2v) is 7.60. The first-order chi connectivity index (χ1) is 8.97. The second-order valence-electron chi connectivity index (χ2n) is 4.64. The minimum atomic E-state index is -3.52. The molecule has 1 heterocycles. The topological polar surface area (TPSA) is 87.2 Å². The Kier molecular flexibility index (Phi) is 4.71. The van der Waals surface area contributed by atoms with E-state index in [-0.39, 0.29) is 0 Å². The van der Waals surface area contributed by atoms with Crippen LogP contribution in [0.1, 0.15) is 24.3 Å². The van der Waals surface area contributed by atoms with E-state index in [9.17, 15) is 8.42 Å². The number of nitrogens with one attached hydrogen (secondary N) is 2. The summed E-state index contributed by atoms with van der Waals surface area (Å²) in [6.07, 6.45) is 3.28. The smallest absolute Gasteiger partial charge is 0.303 e. The van der Waals surface area contributed by atoms with Crippen molar-refractivity contribution in [1.82, 2.24) is 19.8 Å². The lowest BCUT2D eigenvalue weighted by atomic mass is 10.4. The first-order valence-corrected chi connectivity index (χ1v) is 8.50. The molecule has 1 aromatic heterocycles. The Labute approximate surface area is 117 Å². The lowest BCUT2D eigenvalue weighted by molar-refractivity contribution is 0.457. The van der Waals surface area contributed by atoms with E-state index in [0.717, 1.165) is 18.0 Å². The summed E-state index contributed by atoms with van der Waals surface area (Å²) in [4.78, 5) is 0. The fourth-order valence-corrected chi connectivity index (χ4v) is 3.25. The fraction of sp³-hybridized carbons (Fsp3) is 0.800. The molecule has 1 aliphatic carbocycles. The Hall–Kier alpha value is -0.770. The van der Waals surface area contributed by atoms with Crippen molar-refractivity contribution in [2.45, 2.75) is 32.2 Å². The molecule has 2 rings (SSSR count). The molecule has 0 amide bonds. The summed E-state index contributed by atoms with van der Waals surface area (Å²) in [5.74, 6) is 0. The van der Waals surface area contributed by atoms with Gasteiger partial charge in [-0.25, -0.2) is 4.72 Å². The number of aromatic nitrogens is 2. The molecule has 7 nitrogen and oxygen atoms in total. The Bertz CT molecular complexity index is 512. The van der Waals surface area contributed by atoms with Crippen LogP contribution in [0.3, 0.4) is 0 Å². The van der Waals surface area contributed by atoms with E-state index >= 15 is 0 Å². The van der Waals surface area contributed by atoms with Gasteiger partial charge in [0.2, 0.25) is 5.13 Å². The summed E-state index contributed by atoms with van der Waals surface area (Å²) in [6, 6.07) is 0.657. The molecule has 108 valence electrons. The van der Waals surface area contributed by atoms with Crippen LogP contribution in [0.25, 0.3) is 0 Å². The van der Waals surface area contributed by atoms with Gasteiger partial charge in [-0.2, -0.15) is 12.7 Å². The van der Waals surface area contributed by atoms with Crippen LogP contribution in [0.4, 0.5) is 5.13 Å². The van der Waals surface area contributed by atoms with Gasteiger partial charge in [-0.15, -0.1) is 10.2 Å². The van der Waals surface area contributed by atoms with Gasteiger partial charge in [0.1, 0.15) is 5.01 Å². The van der Waals surface area contributed by atoms with Crippen molar-refractivity contribution in [3.05, 3.63) is 5.01 Å². The monoisotopic (exact) mass is 305 g/mol. The van der Waals surface area contributed by atoms with E-state index in [1.165, 1.54) is 28.5 Å². The molecular weight excluding hydrogens is 286 g/mol. The van der Waals surface area contributed by atoms with Crippen LogP contribution in [0.5, 0.6) is 0 Å². The molecule has 0 atom stereocenters. The van der Waals surface area contributed by atoms with E-state index < -0.39 is 10.2 Å². The molecule has 1 saturated carbocycles. The number of aryl methyl sites for hydroxylation is 1. The van der Waals surface area contributed by atoms with Crippen LogP contribution in [0.15, 0.2) is 0 Å². The quantitative estimate of drug-likeness (QED) is 0.686. The third kappa shape index (κ3) is 4.68. The van der Waals surface area contributed by atoms with Crippen molar-refractivity contribution in [2.75, 3.05) is 24.9 Å². The summed E-state index contributed by atoms with van der Waals surface area (Å²) in [7, 11) is -1.96. The van der Waals surface area contributed by atoms with Crippen molar-refractivity contribution in [3.8, 4) is 0 Å². The maximum absolute atomic E-state index is 12.0. The standard InChI is InChI=1S/C10H19N5O2S2/c1-8-12-13-10(18-8)14-19(16,17)15(2)7-3-6-11-9-4-5-9/h9,11H,3-7H2,1-2H3,(H,13,14). The average Bonchev–Trinajstić information content (AvgIpc) is 3.08. The van der Waals surface area contributed by atoms with Crippen LogP contribution in [-0.4, -0.2) is 49.1 Å². The molecule has 0 unspecified atom stereocenters. The minimum absolute atomic E-state index is 0.306. The summed E-state index contributed by atoms with van der Waals surface area (Å²) in [6.45, 7) is 3.11. The average molecular weight is 305 g/mol. The summed E-state index contributed by atoms with van der Waals surface area (Å²) in [5.41, 5.74) is 0. The zero-order chi connectivity index (χ0) is 13.9. The molecule has 1 fully saturated rings. The third-order valence-electron chi connectivity index (χ3n) is 2.81. The van der Waals surface area contributed by atoms with E-state index in [4.69, 9.17) is 0 Å². The van der Waals surface area contributed by atoms with Crippen LogP contribution >= 0.6 is 11.3 Å². The largest absolute Gasteiger partial charge is 0.314 e. The highest BCUT2D eigenvalue weighted by Crippen LogP contribution is 2.18. The predicted octanol–water partition coefficient (Wildman–Crippen LogP) is 0.577. The maximum atomic E-state index is 12.0. The highest BCUT2D eigenvalue weighted by Gasteiger charge is 2.21. The van der Waals surface area contributed by atoms with Gasteiger partial charge in [0.15, 0.2) is 0 Å². The van der Waals surface area contributed by atoms with Gasteiger partial charge < -0.3 is 5.32 Å². The maximum Gasteiger partial charge on any atom is 0.303 e. The van der Waals surface area contributed by atoms with Gasteiger partial charge in [0.05, 0.1) is 0 Å². The molecule has 9 heteroatoms. The van der Waals surface area contributed by atoms with Crippen LogP contribution in [0.2, 0.25) is 0 Å². The van der Waals surface area contributed by atoms with Gasteiger partial charge in [-0.05, 0) is 32.7 Å². The van der Waals surface area contributed by atoms with E-state index in [1.807, 2.05) is 0 Å². The number of nitrogens with zero attached hydrogens (tertiary/aromatic N) is 3. The highest BCUT2D eigenvalue weighted by molar-refractivity contribution is 7.90. The summed E-state index contributed by atoms with van der Waals surface area (Å²) in [5, 5.41) is 11.9. The van der Waals surface area contributed by atoms with Crippen molar-refractivity contribution >= 4 is 26.7 Å². The number of anilines is 1. The predicted molar refractivity (Wildman–Crippen MR) is 75.5 cm³/mol. The molecule has 0 radical (unpaired) electrons. The van der Waals surface area contributed by atoms with Crippen molar-refractivity contribution in [3.63, 3.8) is 0 Å². The Morgan fingerprint density at radius 1 is 1.42 bits per heavy atom. The Morgan fingerprint density at radius 2 is 2.16 bits per heavy atom.